The molecule has 1 spiro atoms. The van der Waals surface area contributed by atoms with Crippen molar-refractivity contribution in [3.05, 3.63) is 34.9 Å². The summed E-state index contributed by atoms with van der Waals surface area (Å²) in [5.74, 6) is -0.639. The maximum Gasteiger partial charge on any atom is 0.514 e. The van der Waals surface area contributed by atoms with Gasteiger partial charge in [-0.1, -0.05) is 6.08 Å². The summed E-state index contributed by atoms with van der Waals surface area (Å²) < 4.78 is 9.82. The first-order chi connectivity index (χ1) is 11.8. The highest BCUT2D eigenvalue weighted by Crippen LogP contribution is 2.44. The third kappa shape index (κ3) is 2.36. The molecule has 0 bridgehead atoms. The van der Waals surface area contributed by atoms with Gasteiger partial charge in [0.05, 0.1) is 18.7 Å². The van der Waals surface area contributed by atoms with Crippen LogP contribution in [-0.2, 0) is 19.1 Å². The molecule has 3 rings (SSSR count). The van der Waals surface area contributed by atoms with E-state index < -0.39 is 23.4 Å². The van der Waals surface area contributed by atoms with Gasteiger partial charge in [-0.15, -0.1) is 0 Å². The third-order valence-electron chi connectivity index (χ3n) is 4.34. The Morgan fingerprint density at radius 1 is 1.40 bits per heavy atom. The summed E-state index contributed by atoms with van der Waals surface area (Å²) in [6, 6.07) is 0. The molecule has 25 heavy (non-hydrogen) atoms. The van der Waals surface area contributed by atoms with Gasteiger partial charge in [0, 0.05) is 13.2 Å². The molecule has 0 aromatic heterocycles. The number of carbonyl (C=O) groups excluding carboxylic acids is 3. The second-order valence-electron chi connectivity index (χ2n) is 6.01. The number of hydrogen-bond acceptors (Lipinski definition) is 7. The van der Waals surface area contributed by atoms with Crippen molar-refractivity contribution in [3.8, 4) is 0 Å². The standard InChI is InChI=1S/C17H19N3O5/c1-5-24-16(23)25-12-11(21)7-17(13(12)18-4)15(22)19-14-10(3)6-9(2)8-20(14)17/h6,8,18H,5,7H2,1-4H3. The molecular formula is C17H19N3O5. The summed E-state index contributed by atoms with van der Waals surface area (Å²) in [7, 11) is 1.57. The van der Waals surface area contributed by atoms with Crippen LogP contribution in [0.2, 0.25) is 0 Å². The molecule has 1 aliphatic carbocycles. The minimum atomic E-state index is -1.35. The molecule has 0 saturated carbocycles. The molecule has 0 saturated heterocycles. The number of nitrogens with one attached hydrogen (secondary N) is 1. The lowest BCUT2D eigenvalue weighted by molar-refractivity contribution is -0.126. The lowest BCUT2D eigenvalue weighted by Gasteiger charge is -2.36. The molecule has 1 N–H and O–H groups in total. The van der Waals surface area contributed by atoms with Crippen molar-refractivity contribution >= 4 is 23.7 Å². The molecular weight excluding hydrogens is 326 g/mol. The van der Waals surface area contributed by atoms with Crippen molar-refractivity contribution in [1.82, 2.24) is 10.2 Å². The van der Waals surface area contributed by atoms with Gasteiger partial charge in [-0.3, -0.25) is 9.59 Å². The molecule has 0 radical (unpaired) electrons. The van der Waals surface area contributed by atoms with Crippen LogP contribution in [0.5, 0.6) is 0 Å². The number of carbonyl (C=O) groups is 3. The fraction of sp³-hybridized carbons (Fsp3) is 0.412. The zero-order valence-electron chi connectivity index (χ0n) is 14.5. The number of fused-ring (bicyclic) bond motifs is 2. The van der Waals surface area contributed by atoms with E-state index in [-0.39, 0.29) is 24.5 Å². The molecule has 2 heterocycles. The Morgan fingerprint density at radius 2 is 2.12 bits per heavy atom. The number of ketones is 1. The van der Waals surface area contributed by atoms with Gasteiger partial charge in [0.15, 0.2) is 11.3 Å². The van der Waals surface area contributed by atoms with Crippen LogP contribution < -0.4 is 5.32 Å². The Balaban J connectivity index is 2.09. The second-order valence-corrected chi connectivity index (χ2v) is 6.01. The molecule has 8 nitrogen and oxygen atoms in total. The van der Waals surface area contributed by atoms with E-state index in [1.165, 1.54) is 0 Å². The van der Waals surface area contributed by atoms with Gasteiger partial charge < -0.3 is 19.7 Å². The summed E-state index contributed by atoms with van der Waals surface area (Å²) in [5.41, 5.74) is 0.619. The van der Waals surface area contributed by atoms with E-state index in [1.54, 1.807) is 25.1 Å². The predicted octanol–water partition coefficient (Wildman–Crippen LogP) is 1.41. The minimum Gasteiger partial charge on any atom is -0.434 e. The first kappa shape index (κ1) is 16.9. The van der Waals surface area contributed by atoms with Gasteiger partial charge in [0.1, 0.15) is 5.84 Å². The Morgan fingerprint density at radius 3 is 2.76 bits per heavy atom. The van der Waals surface area contributed by atoms with Crippen molar-refractivity contribution in [1.29, 1.82) is 0 Å². The Hall–Kier alpha value is -2.90. The Kier molecular flexibility index (Phi) is 3.98. The van der Waals surface area contributed by atoms with Crippen LogP contribution in [0.3, 0.4) is 0 Å². The number of rotatable bonds is 3. The lowest BCUT2D eigenvalue weighted by Crippen LogP contribution is -2.52. The van der Waals surface area contributed by atoms with Crippen LogP contribution in [0.4, 0.5) is 4.79 Å². The maximum atomic E-state index is 12.8. The number of nitrogens with zero attached hydrogens (tertiary/aromatic N) is 2. The number of hydrogen-bond donors (Lipinski definition) is 1. The van der Waals surface area contributed by atoms with E-state index in [0.29, 0.717) is 5.84 Å². The average Bonchev–Trinajstić information content (AvgIpc) is 2.97. The van der Waals surface area contributed by atoms with Crippen LogP contribution in [0.1, 0.15) is 27.2 Å². The van der Waals surface area contributed by atoms with E-state index in [1.807, 2.05) is 19.9 Å². The monoisotopic (exact) mass is 345 g/mol. The molecule has 132 valence electrons. The number of ether oxygens (including phenoxy) is 2. The molecule has 0 fully saturated rings. The van der Waals surface area contributed by atoms with E-state index in [2.05, 4.69) is 10.3 Å². The van der Waals surface area contributed by atoms with Crippen LogP contribution in [0.25, 0.3) is 0 Å². The quantitative estimate of drug-likeness (QED) is 0.772. The number of allylic oxidation sites excluding steroid dienone is 3. The molecule has 0 aromatic rings. The molecule has 0 aromatic carbocycles. The molecule has 2 aliphatic heterocycles. The third-order valence-corrected chi connectivity index (χ3v) is 4.34. The smallest absolute Gasteiger partial charge is 0.434 e. The lowest BCUT2D eigenvalue weighted by atomic mass is 9.92. The average molecular weight is 345 g/mol. The number of likely N-dealkylation sites (N-methyl/N-ethyl adjacent to an activating group) is 1. The van der Waals surface area contributed by atoms with E-state index in [4.69, 9.17) is 9.47 Å². The molecule has 1 atom stereocenters. The first-order valence-electron chi connectivity index (χ1n) is 7.95. The summed E-state index contributed by atoms with van der Waals surface area (Å²) >= 11 is 0. The van der Waals surface area contributed by atoms with Gasteiger partial charge in [0.2, 0.25) is 5.78 Å². The van der Waals surface area contributed by atoms with E-state index in [0.717, 1.165) is 11.1 Å². The largest absolute Gasteiger partial charge is 0.514 e. The normalized spacial score (nSPS) is 25.0. The fourth-order valence-corrected chi connectivity index (χ4v) is 3.40. The maximum absolute atomic E-state index is 12.8. The predicted molar refractivity (Wildman–Crippen MR) is 88.3 cm³/mol. The summed E-state index contributed by atoms with van der Waals surface area (Å²) in [5, 5.41) is 2.86. The molecule has 1 amide bonds. The summed E-state index contributed by atoms with van der Waals surface area (Å²) in [6.07, 6.45) is 2.54. The SMILES string of the molecule is CCOC(=O)OC1=C(NC)C2(CC1=O)C(=O)N=C1C(C)=CC(C)=CN12. The number of amidine groups is 1. The van der Waals surface area contributed by atoms with Gasteiger partial charge >= 0.3 is 6.16 Å². The molecule has 3 aliphatic rings. The topological polar surface area (TPSA) is 97.3 Å². The van der Waals surface area contributed by atoms with E-state index >= 15 is 0 Å². The number of amides is 1. The Labute approximate surface area is 144 Å². The van der Waals surface area contributed by atoms with Crippen LogP contribution in [-0.4, -0.2) is 47.8 Å². The summed E-state index contributed by atoms with van der Waals surface area (Å²) in [4.78, 5) is 42.8. The number of Topliss-reactive ketones (excluding diaryl/α,β-unsaturated/α-hetero) is 1. The van der Waals surface area contributed by atoms with Gasteiger partial charge in [-0.05, 0) is 31.9 Å². The second kappa shape index (κ2) is 5.87. The zero-order valence-corrected chi connectivity index (χ0v) is 14.5. The van der Waals surface area contributed by atoms with Crippen molar-refractivity contribution in [2.45, 2.75) is 32.7 Å². The van der Waals surface area contributed by atoms with Gasteiger partial charge in [0.25, 0.3) is 5.91 Å². The Bertz CT molecular complexity index is 805. The van der Waals surface area contributed by atoms with Crippen molar-refractivity contribution < 1.29 is 23.9 Å². The highest BCUT2D eigenvalue weighted by atomic mass is 16.7. The van der Waals surface area contributed by atoms with Crippen LogP contribution >= 0.6 is 0 Å². The van der Waals surface area contributed by atoms with Crippen molar-refractivity contribution in [2.75, 3.05) is 13.7 Å². The van der Waals surface area contributed by atoms with Crippen molar-refractivity contribution in [2.24, 2.45) is 4.99 Å². The number of aliphatic imine (C=N–C) groups is 1. The van der Waals surface area contributed by atoms with Crippen molar-refractivity contribution in [3.63, 3.8) is 0 Å². The highest BCUT2D eigenvalue weighted by molar-refractivity contribution is 6.20. The highest BCUT2D eigenvalue weighted by Gasteiger charge is 2.60. The molecule has 8 heteroatoms. The molecule has 1 unspecified atom stereocenters. The fourth-order valence-electron chi connectivity index (χ4n) is 3.40. The first-order valence-corrected chi connectivity index (χ1v) is 7.95. The van der Waals surface area contributed by atoms with Gasteiger partial charge in [-0.25, -0.2) is 4.79 Å². The van der Waals surface area contributed by atoms with Gasteiger partial charge in [-0.2, -0.15) is 4.99 Å². The van der Waals surface area contributed by atoms with E-state index in [9.17, 15) is 14.4 Å². The summed E-state index contributed by atoms with van der Waals surface area (Å²) in [6.45, 7) is 5.49. The zero-order chi connectivity index (χ0) is 18.4. The van der Waals surface area contributed by atoms with Crippen LogP contribution in [0.15, 0.2) is 39.9 Å². The minimum absolute atomic E-state index is 0.116. The van der Waals surface area contributed by atoms with Crippen LogP contribution in [0, 0.1) is 0 Å².